The minimum absolute atomic E-state index is 0.150. The van der Waals surface area contributed by atoms with Crippen molar-refractivity contribution < 1.29 is 17.9 Å². The molecule has 5 nitrogen and oxygen atoms in total. The summed E-state index contributed by atoms with van der Waals surface area (Å²) < 4.78 is 31.3. The highest BCUT2D eigenvalue weighted by molar-refractivity contribution is 7.91. The molecule has 1 N–H and O–H groups in total. The van der Waals surface area contributed by atoms with Gasteiger partial charge in [-0.05, 0) is 17.7 Å². The van der Waals surface area contributed by atoms with Crippen LogP contribution in [0.3, 0.4) is 0 Å². The smallest absolute Gasteiger partial charge is 0.298 e. The van der Waals surface area contributed by atoms with Gasteiger partial charge in [-0.25, -0.2) is 8.42 Å². The van der Waals surface area contributed by atoms with Gasteiger partial charge in [-0.15, -0.1) is 0 Å². The average molecular weight is 291 g/mol. The summed E-state index contributed by atoms with van der Waals surface area (Å²) in [7, 11) is -3.57. The Kier molecular flexibility index (Phi) is 4.37. The van der Waals surface area contributed by atoms with Gasteiger partial charge in [-0.1, -0.05) is 42.5 Å². The Balaban J connectivity index is 2.18. The Bertz CT molecular complexity index is 683. The number of sulfonamides is 1. The molecular formula is C14H13NO4S. The highest BCUT2D eigenvalue weighted by Gasteiger charge is 2.14. The number of carbonyl (C=O) groups excluding carboxylic acids is 1. The Hall–Kier alpha value is -2.34. The van der Waals surface area contributed by atoms with E-state index in [1.165, 1.54) is 12.1 Å². The maximum Gasteiger partial charge on any atom is 0.298 e. The topological polar surface area (TPSA) is 72.5 Å². The number of benzene rings is 2. The Morgan fingerprint density at radius 2 is 1.65 bits per heavy atom. The van der Waals surface area contributed by atoms with Crippen molar-refractivity contribution in [2.45, 2.75) is 5.75 Å². The third kappa shape index (κ3) is 3.83. The lowest BCUT2D eigenvalue weighted by Crippen LogP contribution is -2.15. The molecule has 0 radical (unpaired) electrons. The van der Waals surface area contributed by atoms with Crippen LogP contribution in [0.1, 0.15) is 5.56 Å². The first-order valence-corrected chi connectivity index (χ1v) is 7.50. The molecule has 6 heteroatoms. The molecule has 0 saturated carbocycles. The highest BCUT2D eigenvalue weighted by atomic mass is 32.2. The molecule has 0 fully saturated rings. The first-order valence-electron chi connectivity index (χ1n) is 5.84. The maximum atomic E-state index is 12.1. The molecule has 0 aliphatic carbocycles. The summed E-state index contributed by atoms with van der Waals surface area (Å²) in [5.74, 6) is 0.0163. The van der Waals surface area contributed by atoms with Crippen LogP contribution in [-0.4, -0.2) is 14.9 Å². The second-order valence-corrected chi connectivity index (χ2v) is 5.78. The van der Waals surface area contributed by atoms with Crippen LogP contribution in [-0.2, 0) is 20.6 Å². The number of para-hydroxylation sites is 2. The number of rotatable bonds is 6. The van der Waals surface area contributed by atoms with Crippen LogP contribution in [0.15, 0.2) is 54.6 Å². The van der Waals surface area contributed by atoms with Gasteiger partial charge in [0, 0.05) is 0 Å². The molecule has 0 aliphatic heterocycles. The van der Waals surface area contributed by atoms with Crippen LogP contribution in [0, 0.1) is 0 Å². The number of hydrogen-bond donors (Lipinski definition) is 1. The summed E-state index contributed by atoms with van der Waals surface area (Å²) >= 11 is 0. The molecule has 2 rings (SSSR count). The quantitative estimate of drug-likeness (QED) is 0.828. The second kappa shape index (κ2) is 6.21. The van der Waals surface area contributed by atoms with Gasteiger partial charge < -0.3 is 4.74 Å². The fraction of sp³-hybridized carbons (Fsp3) is 0.0714. The number of anilines is 1. The van der Waals surface area contributed by atoms with E-state index in [-0.39, 0.29) is 23.7 Å². The lowest BCUT2D eigenvalue weighted by Gasteiger charge is -2.10. The van der Waals surface area contributed by atoms with E-state index in [4.69, 9.17) is 4.74 Å². The molecule has 104 valence electrons. The molecule has 0 spiro atoms. The SMILES string of the molecule is O=COc1ccccc1NS(=O)(=O)Cc1ccccc1. The number of nitrogens with one attached hydrogen (secondary N) is 1. The van der Waals surface area contributed by atoms with Crippen LogP contribution in [0.25, 0.3) is 0 Å². The number of carbonyl (C=O) groups is 1. The molecule has 2 aromatic rings. The largest absolute Gasteiger partial charge is 0.427 e. The maximum absolute atomic E-state index is 12.1. The van der Waals surface area contributed by atoms with Crippen molar-refractivity contribution in [3.63, 3.8) is 0 Å². The van der Waals surface area contributed by atoms with Crippen molar-refractivity contribution in [2.24, 2.45) is 0 Å². The predicted molar refractivity (Wildman–Crippen MR) is 75.8 cm³/mol. The van der Waals surface area contributed by atoms with Crippen LogP contribution >= 0.6 is 0 Å². The predicted octanol–water partition coefficient (Wildman–Crippen LogP) is 2.16. The lowest BCUT2D eigenvalue weighted by molar-refractivity contribution is -0.120. The lowest BCUT2D eigenvalue weighted by atomic mass is 10.2. The van der Waals surface area contributed by atoms with Gasteiger partial charge in [0.25, 0.3) is 6.47 Å². The van der Waals surface area contributed by atoms with Crippen molar-refractivity contribution in [3.8, 4) is 5.75 Å². The first-order chi connectivity index (χ1) is 9.61. The fourth-order valence-electron chi connectivity index (χ4n) is 1.70. The summed E-state index contributed by atoms with van der Waals surface area (Å²) in [6.07, 6.45) is 0. The van der Waals surface area contributed by atoms with Crippen molar-refractivity contribution in [3.05, 3.63) is 60.2 Å². The van der Waals surface area contributed by atoms with E-state index in [9.17, 15) is 13.2 Å². The number of ether oxygens (including phenoxy) is 1. The molecule has 2 aromatic carbocycles. The molecule has 0 unspecified atom stereocenters. The van der Waals surface area contributed by atoms with Gasteiger partial charge in [-0.2, -0.15) is 0 Å². The Labute approximate surface area is 117 Å². The van der Waals surface area contributed by atoms with Gasteiger partial charge in [0.2, 0.25) is 10.0 Å². The van der Waals surface area contributed by atoms with Crippen LogP contribution in [0.4, 0.5) is 5.69 Å². The summed E-state index contributed by atoms with van der Waals surface area (Å²) in [5.41, 5.74) is 0.907. The van der Waals surface area contributed by atoms with Crippen molar-refractivity contribution in [2.75, 3.05) is 4.72 Å². The normalized spacial score (nSPS) is 10.8. The third-order valence-corrected chi connectivity index (χ3v) is 3.77. The summed E-state index contributed by atoms with van der Waals surface area (Å²) in [6, 6.07) is 15.2. The zero-order chi connectivity index (χ0) is 14.4. The standard InChI is InChI=1S/C14H13NO4S/c16-11-19-14-9-5-4-8-13(14)15-20(17,18)10-12-6-2-1-3-7-12/h1-9,11,15H,10H2. The molecule has 0 heterocycles. The summed E-state index contributed by atoms with van der Waals surface area (Å²) in [4.78, 5) is 10.4. The van der Waals surface area contributed by atoms with Crippen molar-refractivity contribution in [1.82, 2.24) is 0 Å². The summed E-state index contributed by atoms with van der Waals surface area (Å²) in [6.45, 7) is 0.254. The molecule has 0 bridgehead atoms. The Morgan fingerprint density at radius 3 is 2.35 bits per heavy atom. The molecule has 0 aromatic heterocycles. The minimum atomic E-state index is -3.57. The third-order valence-electron chi connectivity index (χ3n) is 2.53. The summed E-state index contributed by atoms with van der Waals surface area (Å²) in [5, 5.41) is 0. The first kappa shape index (κ1) is 14.1. The molecule has 0 atom stereocenters. The zero-order valence-electron chi connectivity index (χ0n) is 10.5. The van der Waals surface area contributed by atoms with E-state index in [1.54, 1.807) is 36.4 Å². The van der Waals surface area contributed by atoms with Crippen molar-refractivity contribution in [1.29, 1.82) is 0 Å². The minimum Gasteiger partial charge on any atom is -0.427 e. The van der Waals surface area contributed by atoms with Crippen LogP contribution in [0.2, 0.25) is 0 Å². The van der Waals surface area contributed by atoms with E-state index in [0.29, 0.717) is 5.56 Å². The van der Waals surface area contributed by atoms with Gasteiger partial charge in [0.1, 0.15) is 0 Å². The van der Waals surface area contributed by atoms with E-state index in [2.05, 4.69) is 4.72 Å². The van der Waals surface area contributed by atoms with Gasteiger partial charge >= 0.3 is 0 Å². The molecule has 0 saturated heterocycles. The van der Waals surface area contributed by atoms with E-state index < -0.39 is 10.0 Å². The molecule has 0 amide bonds. The molecule has 0 aliphatic rings. The average Bonchev–Trinajstić information content (AvgIpc) is 2.41. The van der Waals surface area contributed by atoms with E-state index in [1.807, 2.05) is 6.07 Å². The van der Waals surface area contributed by atoms with Crippen LogP contribution in [0.5, 0.6) is 5.75 Å². The van der Waals surface area contributed by atoms with Gasteiger partial charge in [0.05, 0.1) is 11.4 Å². The van der Waals surface area contributed by atoms with Crippen molar-refractivity contribution >= 4 is 22.2 Å². The van der Waals surface area contributed by atoms with E-state index in [0.717, 1.165) is 0 Å². The zero-order valence-corrected chi connectivity index (χ0v) is 11.3. The van der Waals surface area contributed by atoms with Gasteiger partial charge in [0.15, 0.2) is 5.75 Å². The van der Waals surface area contributed by atoms with Crippen LogP contribution < -0.4 is 9.46 Å². The Morgan fingerprint density at radius 1 is 1.00 bits per heavy atom. The van der Waals surface area contributed by atoms with E-state index >= 15 is 0 Å². The number of hydrogen-bond acceptors (Lipinski definition) is 4. The van der Waals surface area contributed by atoms with Gasteiger partial charge in [-0.3, -0.25) is 9.52 Å². The monoisotopic (exact) mass is 291 g/mol. The second-order valence-electron chi connectivity index (χ2n) is 4.06. The highest BCUT2D eigenvalue weighted by Crippen LogP contribution is 2.24. The fourth-order valence-corrected chi connectivity index (χ4v) is 2.91. The molecular weight excluding hydrogens is 278 g/mol. The molecule has 20 heavy (non-hydrogen) atoms.